The number of hydrogen-bond acceptors (Lipinski definition) is 4. The second-order valence-corrected chi connectivity index (χ2v) is 8.49. The zero-order valence-electron chi connectivity index (χ0n) is 16.6. The molecule has 0 radical (unpaired) electrons. The second kappa shape index (κ2) is 21.1. The van der Waals surface area contributed by atoms with Gasteiger partial charge in [-0.25, -0.2) is 0 Å². The van der Waals surface area contributed by atoms with Crippen molar-refractivity contribution in [2.75, 3.05) is 13.2 Å². The molecule has 0 aromatic heterocycles. The fourth-order valence-corrected chi connectivity index (χ4v) is 4.11. The molecule has 0 aromatic carbocycles. The van der Waals surface area contributed by atoms with Crippen molar-refractivity contribution in [3.63, 3.8) is 0 Å². The van der Waals surface area contributed by atoms with E-state index in [1.54, 1.807) is 0 Å². The molecular formula is C20H41O2PS2. The lowest BCUT2D eigenvalue weighted by atomic mass is 9.93. The molecule has 0 saturated carbocycles. The second-order valence-electron chi connectivity index (χ2n) is 7.38. The van der Waals surface area contributed by atoms with Gasteiger partial charge in [0.2, 0.25) is 0 Å². The average Bonchev–Trinajstić information content (AvgIpc) is 2.62. The van der Waals surface area contributed by atoms with E-state index in [0.717, 1.165) is 13.2 Å². The molecule has 0 saturated heterocycles. The summed E-state index contributed by atoms with van der Waals surface area (Å²) in [5.41, 5.74) is 0. The van der Waals surface area contributed by atoms with Gasteiger partial charge in [0, 0.05) is 0 Å². The lowest BCUT2D eigenvalue weighted by molar-refractivity contribution is 0.249. The largest absolute Gasteiger partial charge is 0.318 e. The molecule has 0 bridgehead atoms. The highest BCUT2D eigenvalue weighted by Gasteiger charge is 2.10. The zero-order valence-corrected chi connectivity index (χ0v) is 19.2. The summed E-state index contributed by atoms with van der Waals surface area (Å²) in [5.74, 6) is 1.41. The maximum atomic E-state index is 5.48. The molecule has 2 atom stereocenters. The molecule has 0 rings (SSSR count). The number of rotatable bonds is 20. The minimum absolute atomic E-state index is 0.660. The van der Waals surface area contributed by atoms with Gasteiger partial charge < -0.3 is 8.71 Å². The van der Waals surface area contributed by atoms with Crippen LogP contribution in [0.1, 0.15) is 104 Å². The van der Waals surface area contributed by atoms with Crippen LogP contribution >= 0.6 is 20.5 Å². The van der Waals surface area contributed by atoms with E-state index in [4.69, 9.17) is 20.5 Å². The van der Waals surface area contributed by atoms with E-state index in [1.165, 1.54) is 89.9 Å². The van der Waals surface area contributed by atoms with Crippen LogP contribution in [-0.4, -0.2) is 13.2 Å². The molecule has 0 aliphatic heterocycles. The van der Waals surface area contributed by atoms with Gasteiger partial charge in [-0.3, -0.25) is 0 Å². The minimum Gasteiger partial charge on any atom is -0.318 e. The third kappa shape index (κ3) is 17.9. The Balaban J connectivity index is 3.77. The Labute approximate surface area is 169 Å². The quantitative estimate of drug-likeness (QED) is 0.0955. The summed E-state index contributed by atoms with van der Waals surface area (Å²) in [6, 6.07) is 0. The fraction of sp³-hybridized carbons (Fsp3) is 1.00. The molecule has 25 heavy (non-hydrogen) atoms. The first kappa shape index (κ1) is 25.8. The van der Waals surface area contributed by atoms with E-state index < -0.39 is 0 Å². The van der Waals surface area contributed by atoms with Crippen LogP contribution in [0.15, 0.2) is 0 Å². The predicted octanol–water partition coefficient (Wildman–Crippen LogP) is 7.92. The lowest BCUT2D eigenvalue weighted by Crippen LogP contribution is -2.08. The minimum atomic E-state index is 0.660. The van der Waals surface area contributed by atoms with E-state index in [-0.39, 0.29) is 0 Å². The highest BCUT2D eigenvalue weighted by molar-refractivity contribution is 7.94. The van der Waals surface area contributed by atoms with E-state index in [9.17, 15) is 0 Å². The molecule has 0 aliphatic carbocycles. The summed E-state index contributed by atoms with van der Waals surface area (Å²) in [5, 5.41) is 0. The van der Waals surface area contributed by atoms with Crippen LogP contribution in [0.5, 0.6) is 0 Å². The van der Waals surface area contributed by atoms with Crippen molar-refractivity contribution < 1.29 is 8.71 Å². The highest BCUT2D eigenvalue weighted by Crippen LogP contribution is 2.22. The molecule has 2 unspecified atom stereocenters. The van der Waals surface area contributed by atoms with Gasteiger partial charge in [0.25, 0.3) is 0 Å². The van der Waals surface area contributed by atoms with Crippen molar-refractivity contribution in [3.8, 4) is 0 Å². The Morgan fingerprint density at radius 2 is 1.16 bits per heavy atom. The Kier molecular flexibility index (Phi) is 21.8. The Morgan fingerprint density at radius 3 is 1.56 bits per heavy atom. The van der Waals surface area contributed by atoms with Crippen LogP contribution in [0, 0.1) is 11.8 Å². The van der Waals surface area contributed by atoms with Crippen LogP contribution < -0.4 is 0 Å². The van der Waals surface area contributed by atoms with Crippen molar-refractivity contribution in [2.45, 2.75) is 104 Å². The van der Waals surface area contributed by atoms with Crippen LogP contribution in [-0.2, 0) is 20.5 Å². The molecule has 0 aliphatic rings. The zero-order chi connectivity index (χ0) is 18.6. The Morgan fingerprint density at radius 1 is 0.720 bits per heavy atom. The maximum Gasteiger partial charge on any atom is 0.136 e. The van der Waals surface area contributed by atoms with Gasteiger partial charge in [-0.05, 0) is 62.2 Å². The topological polar surface area (TPSA) is 18.5 Å². The summed E-state index contributed by atoms with van der Waals surface area (Å²) in [6.45, 7) is 6.19. The van der Waals surface area contributed by atoms with Crippen molar-refractivity contribution in [2.24, 2.45) is 11.8 Å². The van der Waals surface area contributed by atoms with Gasteiger partial charge in [0.1, 0.15) is 7.58 Å². The molecule has 0 spiro atoms. The molecular weight excluding hydrogens is 367 g/mol. The summed E-state index contributed by atoms with van der Waals surface area (Å²) in [6.07, 6.45) is 18.5. The average molecular weight is 409 g/mol. The summed E-state index contributed by atoms with van der Waals surface area (Å²) < 4.78 is 10.6. The molecule has 0 aromatic rings. The Bertz CT molecular complexity index is 280. The van der Waals surface area contributed by atoms with Gasteiger partial charge in [-0.15, -0.1) is 0 Å². The van der Waals surface area contributed by atoms with E-state index in [2.05, 4.69) is 26.8 Å². The van der Waals surface area contributed by atoms with Crippen molar-refractivity contribution in [1.82, 2.24) is 0 Å². The molecule has 2 nitrogen and oxygen atoms in total. The van der Waals surface area contributed by atoms with E-state index in [0.29, 0.717) is 19.4 Å². The molecule has 0 amide bonds. The van der Waals surface area contributed by atoms with Crippen molar-refractivity contribution in [1.29, 1.82) is 0 Å². The monoisotopic (exact) mass is 408 g/mol. The Hall–Kier alpha value is 0.790. The molecule has 150 valence electrons. The lowest BCUT2D eigenvalue weighted by Gasteiger charge is -2.16. The fourth-order valence-electron chi connectivity index (χ4n) is 3.45. The number of unbranched alkanes of at least 4 members (excludes halogenated alkanes) is 7. The van der Waals surface area contributed by atoms with Crippen molar-refractivity contribution in [3.05, 3.63) is 0 Å². The van der Waals surface area contributed by atoms with E-state index in [1.807, 2.05) is 0 Å². The number of hydrogen-bond donors (Lipinski definition) is 1. The van der Waals surface area contributed by atoms with Crippen LogP contribution in [0.2, 0.25) is 0 Å². The summed E-state index contributed by atoms with van der Waals surface area (Å²) in [7, 11) is 0.660. The first-order valence-corrected chi connectivity index (χ1v) is 12.7. The van der Waals surface area contributed by atoms with Gasteiger partial charge in [-0.2, -0.15) is 0 Å². The summed E-state index contributed by atoms with van der Waals surface area (Å²) >= 11 is 8.84. The summed E-state index contributed by atoms with van der Waals surface area (Å²) in [4.78, 5) is 0. The van der Waals surface area contributed by atoms with Gasteiger partial charge in [0.05, 0.1) is 13.2 Å². The standard InChI is InChI=1S/C20H41O2PS2/c1-3-5-9-13-19(17-21-23-25)15-11-7-8-12-16-20(18-22-24)14-10-6-4-2/h19-20,24H,3-18H2,1-2H3. The number of thiol groups is 1. The first-order valence-electron chi connectivity index (χ1n) is 10.5. The van der Waals surface area contributed by atoms with E-state index >= 15 is 0 Å². The van der Waals surface area contributed by atoms with Gasteiger partial charge >= 0.3 is 0 Å². The third-order valence-electron chi connectivity index (χ3n) is 5.08. The van der Waals surface area contributed by atoms with Crippen molar-refractivity contribution >= 4 is 32.3 Å². The maximum absolute atomic E-state index is 5.48. The van der Waals surface area contributed by atoms with Crippen LogP contribution in [0.4, 0.5) is 0 Å². The normalized spacial score (nSPS) is 14.0. The molecule has 0 heterocycles. The molecule has 0 N–H and O–H groups in total. The predicted molar refractivity (Wildman–Crippen MR) is 118 cm³/mol. The SMILES string of the molecule is CCCCCC(CCCCCCC(CCCCC)COP=S)COS. The molecule has 0 fully saturated rings. The van der Waals surface area contributed by atoms with Gasteiger partial charge in [-0.1, -0.05) is 78.1 Å². The highest BCUT2D eigenvalue weighted by atomic mass is 32.4. The van der Waals surface area contributed by atoms with Gasteiger partial charge in [0.15, 0.2) is 0 Å². The third-order valence-corrected chi connectivity index (χ3v) is 5.80. The molecule has 5 heteroatoms. The smallest absolute Gasteiger partial charge is 0.136 e. The van der Waals surface area contributed by atoms with Crippen LogP contribution in [0.3, 0.4) is 0 Å². The van der Waals surface area contributed by atoms with Crippen LogP contribution in [0.25, 0.3) is 0 Å². The first-order chi connectivity index (χ1) is 12.3.